The fourth-order valence-corrected chi connectivity index (χ4v) is 2.80. The molecule has 8 heteroatoms. The Morgan fingerprint density at radius 2 is 2.22 bits per heavy atom. The Labute approximate surface area is 161 Å². The van der Waals surface area contributed by atoms with Gasteiger partial charge >= 0.3 is 0 Å². The van der Waals surface area contributed by atoms with E-state index in [0.717, 1.165) is 21.9 Å². The molecule has 0 aliphatic heterocycles. The predicted molar refractivity (Wildman–Crippen MR) is 111 cm³/mol. The van der Waals surface area contributed by atoms with Gasteiger partial charge < -0.3 is 15.2 Å². The molecule has 7 nitrogen and oxygen atoms in total. The molecule has 0 radical (unpaired) electrons. The van der Waals surface area contributed by atoms with Crippen LogP contribution >= 0.6 is 11.3 Å². The third-order valence-electron chi connectivity index (χ3n) is 3.89. The highest BCUT2D eigenvalue weighted by Gasteiger charge is 2.10. The van der Waals surface area contributed by atoms with Gasteiger partial charge in [0.05, 0.1) is 16.6 Å². The molecule has 27 heavy (non-hydrogen) atoms. The van der Waals surface area contributed by atoms with E-state index in [2.05, 4.69) is 31.8 Å². The number of amides is 1. The molecule has 0 atom stereocenters. The molecule has 3 aromatic rings. The van der Waals surface area contributed by atoms with Crippen molar-refractivity contribution in [3.05, 3.63) is 54.2 Å². The number of aliphatic imine (C=N–C) groups is 1. The lowest BCUT2D eigenvalue weighted by Gasteiger charge is -2.10. The fraction of sp³-hybridized carbons (Fsp3) is 0.158. The second kappa shape index (κ2) is 7.96. The smallest absolute Gasteiger partial charge is 0.257 e. The Hall–Kier alpha value is -3.26. The Morgan fingerprint density at radius 3 is 2.89 bits per heavy atom. The second-order valence-electron chi connectivity index (χ2n) is 5.97. The number of anilines is 1. The van der Waals surface area contributed by atoms with E-state index in [0.29, 0.717) is 17.1 Å². The van der Waals surface area contributed by atoms with Crippen LogP contribution in [0.4, 0.5) is 5.69 Å². The SMILES string of the molecule is C=C/C(=C\N=C(C)N(C)C)C(=O)Nc1ccc2nc(-c3nccs3)[nH]c2c1. The van der Waals surface area contributed by atoms with Crippen LogP contribution in [0.25, 0.3) is 21.9 Å². The van der Waals surface area contributed by atoms with Crippen molar-refractivity contribution in [2.24, 2.45) is 4.99 Å². The normalized spacial score (nSPS) is 12.3. The lowest BCUT2D eigenvalue weighted by molar-refractivity contribution is -0.112. The first-order valence-corrected chi connectivity index (χ1v) is 9.11. The van der Waals surface area contributed by atoms with E-state index in [-0.39, 0.29) is 5.91 Å². The molecular weight excluding hydrogens is 360 g/mol. The number of hydrogen-bond acceptors (Lipinski definition) is 5. The van der Waals surface area contributed by atoms with Crippen LogP contribution in [-0.4, -0.2) is 45.7 Å². The maximum Gasteiger partial charge on any atom is 0.257 e. The van der Waals surface area contributed by atoms with Gasteiger partial charge in [-0.05, 0) is 25.1 Å². The molecule has 138 valence electrons. The standard InChI is InChI=1S/C19H20N6OS/c1-5-13(11-21-12(2)25(3)4)18(26)22-14-6-7-15-16(10-14)24-17(23-15)19-20-8-9-27-19/h5-11H,1H2,2-4H3,(H,22,26)(H,23,24)/b13-11+,21-12?. The number of rotatable bonds is 5. The van der Waals surface area contributed by atoms with E-state index in [9.17, 15) is 4.79 Å². The minimum absolute atomic E-state index is 0.278. The van der Waals surface area contributed by atoms with Crippen LogP contribution in [0.3, 0.4) is 0 Å². The zero-order valence-electron chi connectivity index (χ0n) is 15.4. The summed E-state index contributed by atoms with van der Waals surface area (Å²) in [6, 6.07) is 5.50. The van der Waals surface area contributed by atoms with E-state index in [1.165, 1.54) is 23.6 Å². The Balaban J connectivity index is 1.81. The van der Waals surface area contributed by atoms with Gasteiger partial charge in [-0.3, -0.25) is 4.79 Å². The largest absolute Gasteiger partial charge is 0.366 e. The van der Waals surface area contributed by atoms with Gasteiger partial charge in [-0.25, -0.2) is 15.0 Å². The summed E-state index contributed by atoms with van der Waals surface area (Å²) in [4.78, 5) is 30.6. The quantitative estimate of drug-likeness (QED) is 0.306. The number of H-pyrrole nitrogens is 1. The summed E-state index contributed by atoms with van der Waals surface area (Å²) in [5.74, 6) is 1.22. The molecule has 0 aliphatic rings. The van der Waals surface area contributed by atoms with Crippen molar-refractivity contribution in [3.8, 4) is 10.8 Å². The van der Waals surface area contributed by atoms with E-state index in [4.69, 9.17) is 0 Å². The highest BCUT2D eigenvalue weighted by Crippen LogP contribution is 2.24. The first-order chi connectivity index (χ1) is 13.0. The van der Waals surface area contributed by atoms with Gasteiger partial charge in [0.1, 0.15) is 5.84 Å². The van der Waals surface area contributed by atoms with Crippen LogP contribution in [0.15, 0.2) is 59.2 Å². The number of aromatic nitrogens is 3. The van der Waals surface area contributed by atoms with Crippen molar-refractivity contribution in [2.45, 2.75) is 6.92 Å². The third kappa shape index (κ3) is 4.29. The molecule has 1 aromatic carbocycles. The zero-order valence-corrected chi connectivity index (χ0v) is 16.2. The van der Waals surface area contributed by atoms with Crippen molar-refractivity contribution in [1.29, 1.82) is 0 Å². The number of fused-ring (bicyclic) bond motifs is 1. The second-order valence-corrected chi connectivity index (χ2v) is 6.86. The average molecular weight is 380 g/mol. The molecule has 0 unspecified atom stereocenters. The maximum atomic E-state index is 12.5. The topological polar surface area (TPSA) is 86.3 Å². The summed E-state index contributed by atoms with van der Waals surface area (Å²) >= 11 is 1.51. The van der Waals surface area contributed by atoms with E-state index < -0.39 is 0 Å². The summed E-state index contributed by atoms with van der Waals surface area (Å²) in [6.07, 6.45) is 4.73. The first-order valence-electron chi connectivity index (χ1n) is 8.23. The van der Waals surface area contributed by atoms with Gasteiger partial charge in [0, 0.05) is 37.6 Å². The van der Waals surface area contributed by atoms with Gasteiger partial charge in [0.2, 0.25) is 0 Å². The van der Waals surface area contributed by atoms with E-state index >= 15 is 0 Å². The van der Waals surface area contributed by atoms with Gasteiger partial charge in [0.15, 0.2) is 10.8 Å². The number of nitrogens with zero attached hydrogens (tertiary/aromatic N) is 4. The molecule has 2 aromatic heterocycles. The van der Waals surface area contributed by atoms with Crippen molar-refractivity contribution in [2.75, 3.05) is 19.4 Å². The van der Waals surface area contributed by atoms with Gasteiger partial charge in [0.25, 0.3) is 5.91 Å². The van der Waals surface area contributed by atoms with Crippen molar-refractivity contribution in [1.82, 2.24) is 19.9 Å². The molecule has 0 bridgehead atoms. The third-order valence-corrected chi connectivity index (χ3v) is 4.67. The molecule has 1 amide bonds. The lowest BCUT2D eigenvalue weighted by atomic mass is 10.2. The highest BCUT2D eigenvalue weighted by molar-refractivity contribution is 7.13. The number of carbonyl (C=O) groups is 1. The minimum atomic E-state index is -0.278. The first kappa shape index (κ1) is 18.5. The minimum Gasteiger partial charge on any atom is -0.366 e. The number of aromatic amines is 1. The number of carbonyl (C=O) groups excluding carboxylic acids is 1. The van der Waals surface area contributed by atoms with E-state index in [1.54, 1.807) is 6.20 Å². The molecular formula is C19H20N6OS. The monoisotopic (exact) mass is 380 g/mol. The zero-order chi connectivity index (χ0) is 19.4. The number of hydrogen-bond donors (Lipinski definition) is 2. The Morgan fingerprint density at radius 1 is 1.41 bits per heavy atom. The van der Waals surface area contributed by atoms with Crippen LogP contribution in [0.5, 0.6) is 0 Å². The summed E-state index contributed by atoms with van der Waals surface area (Å²) in [5.41, 5.74) is 2.67. The Bertz CT molecular complexity index is 1030. The fourth-order valence-electron chi connectivity index (χ4n) is 2.21. The van der Waals surface area contributed by atoms with E-state index in [1.807, 2.05) is 49.5 Å². The summed E-state index contributed by atoms with van der Waals surface area (Å²) < 4.78 is 0. The Kier molecular flexibility index (Phi) is 5.46. The lowest BCUT2D eigenvalue weighted by Crippen LogP contribution is -2.18. The number of amidine groups is 1. The van der Waals surface area contributed by atoms with Crippen LogP contribution in [0, 0.1) is 0 Å². The van der Waals surface area contributed by atoms with Crippen LogP contribution in [0.2, 0.25) is 0 Å². The van der Waals surface area contributed by atoms with Gasteiger partial charge in [-0.2, -0.15) is 0 Å². The molecule has 0 fully saturated rings. The number of nitrogens with one attached hydrogen (secondary N) is 2. The predicted octanol–water partition coefficient (Wildman–Crippen LogP) is 3.67. The van der Waals surface area contributed by atoms with Crippen LogP contribution in [-0.2, 0) is 4.79 Å². The highest BCUT2D eigenvalue weighted by atomic mass is 32.1. The van der Waals surface area contributed by atoms with Gasteiger partial charge in [-0.15, -0.1) is 11.3 Å². The molecule has 0 aliphatic carbocycles. The molecule has 0 saturated heterocycles. The van der Waals surface area contributed by atoms with Crippen molar-refractivity contribution in [3.63, 3.8) is 0 Å². The molecule has 2 heterocycles. The summed E-state index contributed by atoms with van der Waals surface area (Å²) in [7, 11) is 3.78. The average Bonchev–Trinajstić information content (AvgIpc) is 3.30. The number of benzene rings is 1. The molecule has 0 spiro atoms. The van der Waals surface area contributed by atoms with Gasteiger partial charge in [-0.1, -0.05) is 12.7 Å². The van der Waals surface area contributed by atoms with Crippen LogP contribution < -0.4 is 5.32 Å². The molecule has 0 saturated carbocycles. The van der Waals surface area contributed by atoms with Crippen molar-refractivity contribution >= 4 is 39.8 Å². The summed E-state index contributed by atoms with van der Waals surface area (Å²) in [5, 5.41) is 5.58. The number of thiazole rings is 1. The van der Waals surface area contributed by atoms with Crippen LogP contribution in [0.1, 0.15) is 6.92 Å². The molecule has 2 N–H and O–H groups in total. The maximum absolute atomic E-state index is 12.5. The van der Waals surface area contributed by atoms with Crippen molar-refractivity contribution < 1.29 is 4.79 Å². The number of imidazole rings is 1. The molecule has 3 rings (SSSR count). The summed E-state index contributed by atoms with van der Waals surface area (Å²) in [6.45, 7) is 5.56.